The quantitative estimate of drug-likeness (QED) is 0.679. The number of benzene rings is 1. The zero-order valence-corrected chi connectivity index (χ0v) is 16.3. The van der Waals surface area contributed by atoms with Crippen LogP contribution in [-0.4, -0.2) is 38.4 Å². The highest BCUT2D eigenvalue weighted by Crippen LogP contribution is 2.36. The second kappa shape index (κ2) is 6.95. The molecule has 0 N–H and O–H groups in total. The number of carbonyl (C=O) groups is 1. The van der Waals surface area contributed by atoms with Crippen molar-refractivity contribution in [1.82, 2.24) is 19.4 Å². The number of fused-ring (bicyclic) bond motifs is 4. The molecule has 1 fully saturated rings. The minimum atomic E-state index is -0.0832. The predicted molar refractivity (Wildman–Crippen MR) is 110 cm³/mol. The maximum absolute atomic E-state index is 13.3. The van der Waals surface area contributed by atoms with Gasteiger partial charge in [0.1, 0.15) is 5.69 Å². The van der Waals surface area contributed by atoms with E-state index in [1.807, 2.05) is 46.7 Å². The van der Waals surface area contributed by atoms with Crippen molar-refractivity contribution in [1.29, 1.82) is 0 Å². The fourth-order valence-electron chi connectivity index (χ4n) is 4.76. The highest BCUT2D eigenvalue weighted by molar-refractivity contribution is 5.92. The number of likely N-dealkylation sites (tertiary alicyclic amines) is 1. The molecule has 5 rings (SSSR count). The van der Waals surface area contributed by atoms with Crippen LogP contribution in [0.3, 0.4) is 0 Å². The molecule has 0 aliphatic carbocycles. The van der Waals surface area contributed by atoms with Crippen molar-refractivity contribution in [3.05, 3.63) is 82.3 Å². The summed E-state index contributed by atoms with van der Waals surface area (Å²) in [5.74, 6) is 0.355. The monoisotopic (exact) mass is 386 g/mol. The molecule has 29 heavy (non-hydrogen) atoms. The molecule has 6 nitrogen and oxygen atoms in total. The van der Waals surface area contributed by atoms with E-state index >= 15 is 0 Å². The molecule has 0 radical (unpaired) electrons. The zero-order chi connectivity index (χ0) is 20.0. The minimum absolute atomic E-state index is 0.0696. The van der Waals surface area contributed by atoms with E-state index in [-0.39, 0.29) is 23.3 Å². The Morgan fingerprint density at radius 2 is 1.90 bits per heavy atom. The predicted octanol–water partition coefficient (Wildman–Crippen LogP) is 2.87. The maximum Gasteiger partial charge on any atom is 0.274 e. The highest BCUT2D eigenvalue weighted by atomic mass is 16.2. The van der Waals surface area contributed by atoms with Crippen LogP contribution in [-0.2, 0) is 6.54 Å². The molecule has 0 spiro atoms. The number of carbonyl (C=O) groups excluding carboxylic acids is 1. The first kappa shape index (κ1) is 17.8. The van der Waals surface area contributed by atoms with Gasteiger partial charge in [0.15, 0.2) is 0 Å². The molecule has 2 atom stereocenters. The van der Waals surface area contributed by atoms with E-state index in [1.54, 1.807) is 12.4 Å². The lowest BCUT2D eigenvalue weighted by Crippen LogP contribution is -2.49. The number of aryl methyl sites for hydroxylation is 1. The van der Waals surface area contributed by atoms with E-state index in [1.165, 1.54) is 6.20 Å². The lowest BCUT2D eigenvalue weighted by molar-refractivity contribution is 0.0588. The summed E-state index contributed by atoms with van der Waals surface area (Å²) in [6, 6.07) is 12.0. The molecule has 4 heterocycles. The van der Waals surface area contributed by atoms with Crippen molar-refractivity contribution >= 4 is 5.91 Å². The van der Waals surface area contributed by atoms with Crippen LogP contribution in [0.25, 0.3) is 11.1 Å². The number of hydrogen-bond donors (Lipinski definition) is 0. The summed E-state index contributed by atoms with van der Waals surface area (Å²) in [6.45, 7) is 3.93. The van der Waals surface area contributed by atoms with Gasteiger partial charge in [-0.1, -0.05) is 24.3 Å². The summed E-state index contributed by atoms with van der Waals surface area (Å²) >= 11 is 0. The molecular formula is C23H22N4O2. The Balaban J connectivity index is 1.49. The van der Waals surface area contributed by atoms with Crippen LogP contribution in [0, 0.1) is 12.8 Å². The van der Waals surface area contributed by atoms with E-state index in [0.717, 1.165) is 28.8 Å². The first-order valence-corrected chi connectivity index (χ1v) is 9.97. The summed E-state index contributed by atoms with van der Waals surface area (Å²) in [6.07, 6.45) is 5.63. The number of hydrogen-bond acceptors (Lipinski definition) is 4. The summed E-state index contributed by atoms with van der Waals surface area (Å²) in [4.78, 5) is 36.2. The van der Waals surface area contributed by atoms with Gasteiger partial charge in [0.05, 0.1) is 6.20 Å². The molecule has 0 unspecified atom stereocenters. The molecule has 3 aromatic rings. The van der Waals surface area contributed by atoms with Gasteiger partial charge in [-0.15, -0.1) is 0 Å². The first-order chi connectivity index (χ1) is 14.1. The SMILES string of the molecule is Cc1ccccc1-c1ccc2n(c1=O)C[C@H]1C[C@@H]2CN(C(=O)c2cnccn2)C1. The van der Waals surface area contributed by atoms with Crippen LogP contribution in [0.4, 0.5) is 0 Å². The Bertz CT molecular complexity index is 1140. The fourth-order valence-corrected chi connectivity index (χ4v) is 4.76. The Morgan fingerprint density at radius 1 is 1.03 bits per heavy atom. The lowest BCUT2D eigenvalue weighted by Gasteiger charge is -2.42. The number of rotatable bonds is 2. The molecule has 0 saturated carbocycles. The molecule has 146 valence electrons. The van der Waals surface area contributed by atoms with Crippen molar-refractivity contribution in [3.8, 4) is 11.1 Å². The van der Waals surface area contributed by atoms with Gasteiger partial charge >= 0.3 is 0 Å². The average Bonchev–Trinajstić information content (AvgIpc) is 2.75. The molecular weight excluding hydrogens is 364 g/mol. The molecule has 1 saturated heterocycles. The smallest absolute Gasteiger partial charge is 0.274 e. The second-order valence-electron chi connectivity index (χ2n) is 8.00. The van der Waals surface area contributed by atoms with Gasteiger partial charge in [-0.2, -0.15) is 0 Å². The maximum atomic E-state index is 13.3. The van der Waals surface area contributed by atoms with Gasteiger partial charge in [0, 0.05) is 49.2 Å². The molecule has 6 heteroatoms. The molecule has 1 aromatic carbocycles. The van der Waals surface area contributed by atoms with E-state index in [4.69, 9.17) is 0 Å². The standard InChI is InChI=1S/C23H22N4O2/c1-15-4-2-3-5-18(15)19-6-7-21-17-10-16(13-27(21)22(19)28)12-26(14-17)23(29)20-11-24-8-9-25-20/h2-9,11,16-17H,10,12-14H2,1H3/t16-,17+/m0/s1. The van der Waals surface area contributed by atoms with E-state index in [2.05, 4.69) is 16.0 Å². The zero-order valence-electron chi connectivity index (χ0n) is 16.3. The van der Waals surface area contributed by atoms with Crippen molar-refractivity contribution < 1.29 is 4.79 Å². The molecule has 2 aliphatic rings. The van der Waals surface area contributed by atoms with Crippen molar-refractivity contribution in [2.45, 2.75) is 25.8 Å². The van der Waals surface area contributed by atoms with Gasteiger partial charge < -0.3 is 9.47 Å². The van der Waals surface area contributed by atoms with Crippen LogP contribution < -0.4 is 5.56 Å². The van der Waals surface area contributed by atoms with Gasteiger partial charge in [-0.25, -0.2) is 4.98 Å². The number of pyridine rings is 1. The van der Waals surface area contributed by atoms with Gasteiger partial charge in [0.25, 0.3) is 11.5 Å². The van der Waals surface area contributed by atoms with Crippen molar-refractivity contribution in [3.63, 3.8) is 0 Å². The number of amides is 1. The van der Waals surface area contributed by atoms with E-state index in [9.17, 15) is 9.59 Å². The Morgan fingerprint density at radius 3 is 2.69 bits per heavy atom. The average molecular weight is 386 g/mol. The summed E-state index contributed by atoms with van der Waals surface area (Å²) in [5, 5.41) is 0. The largest absolute Gasteiger partial charge is 0.336 e. The van der Waals surface area contributed by atoms with E-state index in [0.29, 0.717) is 25.3 Å². The summed E-state index contributed by atoms with van der Waals surface area (Å²) < 4.78 is 1.94. The van der Waals surface area contributed by atoms with Crippen LogP contribution in [0.1, 0.15) is 34.1 Å². The van der Waals surface area contributed by atoms with Crippen LogP contribution in [0.5, 0.6) is 0 Å². The number of piperidine rings is 1. The number of aromatic nitrogens is 3. The fraction of sp³-hybridized carbons (Fsp3) is 0.304. The second-order valence-corrected chi connectivity index (χ2v) is 8.00. The normalized spacial score (nSPS) is 20.2. The Kier molecular flexibility index (Phi) is 4.27. The Hall–Kier alpha value is -3.28. The van der Waals surface area contributed by atoms with Crippen LogP contribution in [0.2, 0.25) is 0 Å². The third-order valence-corrected chi connectivity index (χ3v) is 6.11. The topological polar surface area (TPSA) is 68.1 Å². The third kappa shape index (κ3) is 3.05. The Labute approximate surface area is 168 Å². The van der Waals surface area contributed by atoms with Crippen LogP contribution >= 0.6 is 0 Å². The van der Waals surface area contributed by atoms with Crippen LogP contribution in [0.15, 0.2) is 59.8 Å². The molecule has 1 amide bonds. The van der Waals surface area contributed by atoms with E-state index < -0.39 is 0 Å². The van der Waals surface area contributed by atoms with Crippen molar-refractivity contribution in [2.75, 3.05) is 13.1 Å². The van der Waals surface area contributed by atoms with Gasteiger partial charge in [-0.3, -0.25) is 14.6 Å². The molecule has 2 aromatic heterocycles. The van der Waals surface area contributed by atoms with Gasteiger partial charge in [-0.05, 0) is 42.5 Å². The number of nitrogens with zero attached hydrogens (tertiary/aromatic N) is 4. The molecule has 2 aliphatic heterocycles. The molecule has 2 bridgehead atoms. The first-order valence-electron chi connectivity index (χ1n) is 9.97. The summed E-state index contributed by atoms with van der Waals surface area (Å²) in [7, 11) is 0. The summed E-state index contributed by atoms with van der Waals surface area (Å²) in [5.41, 5.74) is 4.31. The van der Waals surface area contributed by atoms with Gasteiger partial charge in [0.2, 0.25) is 0 Å². The highest BCUT2D eigenvalue weighted by Gasteiger charge is 2.37. The lowest BCUT2D eigenvalue weighted by atomic mass is 9.82. The third-order valence-electron chi connectivity index (χ3n) is 6.11. The minimum Gasteiger partial charge on any atom is -0.336 e. The van der Waals surface area contributed by atoms with Crippen molar-refractivity contribution in [2.24, 2.45) is 5.92 Å².